The number of hydrogen-bond donors (Lipinski definition) is 1. The van der Waals surface area contributed by atoms with Gasteiger partial charge in [0.1, 0.15) is 0 Å². The number of nitrogens with zero attached hydrogens (tertiary/aromatic N) is 4. The highest BCUT2D eigenvalue weighted by molar-refractivity contribution is 7.89. The van der Waals surface area contributed by atoms with Crippen molar-refractivity contribution in [2.45, 2.75) is 37.6 Å². The van der Waals surface area contributed by atoms with E-state index in [9.17, 15) is 18.0 Å². The molecule has 0 aromatic carbocycles. The summed E-state index contributed by atoms with van der Waals surface area (Å²) in [6.45, 7) is 5.26. The quantitative estimate of drug-likeness (QED) is 0.773. The summed E-state index contributed by atoms with van der Waals surface area (Å²) < 4.78 is 34.0. The van der Waals surface area contributed by atoms with Crippen LogP contribution in [-0.2, 0) is 24.1 Å². The van der Waals surface area contributed by atoms with Crippen molar-refractivity contribution < 1.29 is 12.9 Å². The van der Waals surface area contributed by atoms with E-state index in [-0.39, 0.29) is 11.8 Å². The van der Waals surface area contributed by atoms with Gasteiger partial charge in [-0.25, -0.2) is 13.2 Å². The van der Waals surface area contributed by atoms with E-state index in [1.807, 2.05) is 13.8 Å². The molecule has 2 rings (SSSR count). The number of sulfonamides is 1. The zero-order chi connectivity index (χ0) is 18.2. The molecule has 0 aliphatic rings. The van der Waals surface area contributed by atoms with Crippen LogP contribution in [0.1, 0.15) is 44.4 Å². The molecular formula is C13H19N5O5S. The Kier molecular flexibility index (Phi) is 4.76. The van der Waals surface area contributed by atoms with Gasteiger partial charge in [-0.3, -0.25) is 9.36 Å². The first-order valence-corrected chi connectivity index (χ1v) is 8.65. The van der Waals surface area contributed by atoms with Gasteiger partial charge in [-0.2, -0.15) is 9.71 Å². The molecule has 0 fully saturated rings. The molecule has 0 saturated carbocycles. The SMILES string of the molecule is CC(C)c1noc([C@H](C)NS(=O)(=O)c2cn(C)c(=O)n(C)c2=O)n1. The smallest absolute Gasteiger partial charge is 0.330 e. The third-order valence-corrected chi connectivity index (χ3v) is 4.90. The number of aromatic nitrogens is 4. The zero-order valence-corrected chi connectivity index (χ0v) is 14.8. The Morgan fingerprint density at radius 1 is 1.21 bits per heavy atom. The summed E-state index contributed by atoms with van der Waals surface area (Å²) in [5, 5.41) is 3.76. The Hall–Kier alpha value is -2.27. The van der Waals surface area contributed by atoms with Crippen LogP contribution in [0.25, 0.3) is 0 Å². The van der Waals surface area contributed by atoms with Crippen LogP contribution in [0.2, 0.25) is 0 Å². The van der Waals surface area contributed by atoms with E-state index in [1.54, 1.807) is 0 Å². The van der Waals surface area contributed by atoms with Crippen molar-refractivity contribution in [3.05, 3.63) is 38.8 Å². The summed E-state index contributed by atoms with van der Waals surface area (Å²) in [5.74, 6) is 0.570. The van der Waals surface area contributed by atoms with Gasteiger partial charge in [-0.1, -0.05) is 19.0 Å². The minimum atomic E-state index is -4.18. The molecule has 2 aromatic heterocycles. The molecule has 0 unspecified atom stereocenters. The second-order valence-electron chi connectivity index (χ2n) is 5.74. The van der Waals surface area contributed by atoms with Crippen molar-refractivity contribution in [3.63, 3.8) is 0 Å². The topological polar surface area (TPSA) is 129 Å². The van der Waals surface area contributed by atoms with E-state index >= 15 is 0 Å². The molecular weight excluding hydrogens is 338 g/mol. The largest absolute Gasteiger partial charge is 0.338 e. The molecule has 0 spiro atoms. The van der Waals surface area contributed by atoms with Crippen molar-refractivity contribution in [1.82, 2.24) is 24.0 Å². The molecule has 132 valence electrons. The van der Waals surface area contributed by atoms with Crippen molar-refractivity contribution in [2.24, 2.45) is 14.1 Å². The van der Waals surface area contributed by atoms with Gasteiger partial charge in [0.25, 0.3) is 5.56 Å². The predicted octanol–water partition coefficient (Wildman–Crippen LogP) is -0.370. The lowest BCUT2D eigenvalue weighted by atomic mass is 10.2. The van der Waals surface area contributed by atoms with E-state index in [0.717, 1.165) is 15.3 Å². The zero-order valence-electron chi connectivity index (χ0n) is 14.0. The van der Waals surface area contributed by atoms with Gasteiger partial charge in [-0.05, 0) is 6.92 Å². The fourth-order valence-electron chi connectivity index (χ4n) is 1.96. The Morgan fingerprint density at radius 2 is 1.83 bits per heavy atom. The number of rotatable bonds is 5. The number of aryl methyl sites for hydroxylation is 1. The first kappa shape index (κ1) is 18.1. The number of nitrogens with one attached hydrogen (secondary N) is 1. The van der Waals surface area contributed by atoms with Crippen LogP contribution >= 0.6 is 0 Å². The summed E-state index contributed by atoms with van der Waals surface area (Å²) in [6, 6.07) is -0.836. The molecule has 1 N–H and O–H groups in total. The van der Waals surface area contributed by atoms with Crippen LogP contribution in [0.5, 0.6) is 0 Å². The van der Waals surface area contributed by atoms with Crippen LogP contribution in [0.4, 0.5) is 0 Å². The number of hydrogen-bond acceptors (Lipinski definition) is 7. The summed E-state index contributed by atoms with van der Waals surface area (Å²) in [4.78, 5) is 27.3. The minimum absolute atomic E-state index is 0.0299. The van der Waals surface area contributed by atoms with Crippen molar-refractivity contribution >= 4 is 10.0 Å². The van der Waals surface area contributed by atoms with Gasteiger partial charge in [0.2, 0.25) is 15.9 Å². The fraction of sp³-hybridized carbons (Fsp3) is 0.538. The van der Waals surface area contributed by atoms with Gasteiger partial charge in [0.15, 0.2) is 10.7 Å². The Balaban J connectivity index is 2.38. The minimum Gasteiger partial charge on any atom is -0.338 e. The maximum atomic E-state index is 12.5. The highest BCUT2D eigenvalue weighted by Crippen LogP contribution is 2.16. The molecule has 11 heteroatoms. The second kappa shape index (κ2) is 6.32. The standard InChI is InChI=1S/C13H19N5O5S/c1-7(2)10-14-11(23-15-10)8(3)16-24(21,22)9-6-17(4)13(20)18(5)12(9)19/h6-8,16H,1-5H3/t8-/m0/s1. The average Bonchev–Trinajstić information content (AvgIpc) is 2.98. The molecule has 0 aliphatic heterocycles. The summed E-state index contributed by atoms with van der Waals surface area (Å²) in [7, 11) is -1.62. The van der Waals surface area contributed by atoms with Gasteiger partial charge in [-0.15, -0.1) is 0 Å². The molecule has 10 nitrogen and oxygen atoms in total. The maximum absolute atomic E-state index is 12.5. The molecule has 2 heterocycles. The molecule has 0 aliphatic carbocycles. The molecule has 0 bridgehead atoms. The van der Waals surface area contributed by atoms with E-state index in [1.165, 1.54) is 21.0 Å². The van der Waals surface area contributed by atoms with E-state index in [4.69, 9.17) is 4.52 Å². The molecule has 0 radical (unpaired) electrons. The molecule has 0 saturated heterocycles. The van der Waals surface area contributed by atoms with Crippen LogP contribution in [0.15, 0.2) is 25.2 Å². The van der Waals surface area contributed by atoms with Gasteiger partial charge in [0.05, 0.1) is 6.04 Å². The van der Waals surface area contributed by atoms with Crippen LogP contribution in [-0.4, -0.2) is 27.7 Å². The van der Waals surface area contributed by atoms with Crippen LogP contribution in [0.3, 0.4) is 0 Å². The van der Waals surface area contributed by atoms with Crippen molar-refractivity contribution in [3.8, 4) is 0 Å². The average molecular weight is 357 g/mol. The molecule has 0 amide bonds. The third kappa shape index (κ3) is 3.31. The Labute approximate surface area is 138 Å². The first-order valence-electron chi connectivity index (χ1n) is 7.17. The van der Waals surface area contributed by atoms with Gasteiger partial charge in [0, 0.05) is 26.2 Å². The summed E-state index contributed by atoms with van der Waals surface area (Å²) in [6.07, 6.45) is 0.979. The monoisotopic (exact) mass is 357 g/mol. The fourth-order valence-corrected chi connectivity index (χ4v) is 3.32. The predicted molar refractivity (Wildman–Crippen MR) is 84.0 cm³/mol. The summed E-state index contributed by atoms with van der Waals surface area (Å²) >= 11 is 0. The van der Waals surface area contributed by atoms with Gasteiger partial charge >= 0.3 is 5.69 Å². The summed E-state index contributed by atoms with van der Waals surface area (Å²) in [5.41, 5.74) is -1.53. The lowest BCUT2D eigenvalue weighted by molar-refractivity contribution is 0.348. The van der Waals surface area contributed by atoms with Crippen molar-refractivity contribution in [2.75, 3.05) is 0 Å². The van der Waals surface area contributed by atoms with E-state index in [2.05, 4.69) is 14.9 Å². The van der Waals surface area contributed by atoms with Crippen molar-refractivity contribution in [1.29, 1.82) is 0 Å². The highest BCUT2D eigenvalue weighted by atomic mass is 32.2. The maximum Gasteiger partial charge on any atom is 0.330 e. The third-order valence-electron chi connectivity index (χ3n) is 3.38. The Bertz CT molecular complexity index is 969. The van der Waals surface area contributed by atoms with E-state index < -0.39 is 32.2 Å². The molecule has 24 heavy (non-hydrogen) atoms. The Morgan fingerprint density at radius 3 is 2.38 bits per heavy atom. The highest BCUT2D eigenvalue weighted by Gasteiger charge is 2.26. The normalized spacial score (nSPS) is 13.4. The molecule has 1 atom stereocenters. The second-order valence-corrected chi connectivity index (χ2v) is 7.42. The van der Waals surface area contributed by atoms with Crippen LogP contribution < -0.4 is 16.0 Å². The van der Waals surface area contributed by atoms with Crippen LogP contribution in [0, 0.1) is 0 Å². The molecule has 2 aromatic rings. The lowest BCUT2D eigenvalue weighted by Gasteiger charge is -2.11. The lowest BCUT2D eigenvalue weighted by Crippen LogP contribution is -2.41. The first-order chi connectivity index (χ1) is 11.0. The van der Waals surface area contributed by atoms with E-state index in [0.29, 0.717) is 5.82 Å². The van der Waals surface area contributed by atoms with Gasteiger partial charge < -0.3 is 9.09 Å².